The zero-order valence-electron chi connectivity index (χ0n) is 23.0. The van der Waals surface area contributed by atoms with E-state index in [9.17, 15) is 9.90 Å². The van der Waals surface area contributed by atoms with Gasteiger partial charge in [-0.1, -0.05) is 0 Å². The number of nitrogen functional groups attached to an aromatic ring is 1. The quantitative estimate of drug-likeness (QED) is 0.437. The Morgan fingerprint density at radius 3 is 2.25 bits per heavy atom. The lowest BCUT2D eigenvalue weighted by Crippen LogP contribution is -2.44. The number of ether oxygens (including phenoxy) is 1. The molecule has 40 heavy (non-hydrogen) atoms. The van der Waals surface area contributed by atoms with Gasteiger partial charge in [-0.25, -0.2) is 19.7 Å². The van der Waals surface area contributed by atoms with Crippen LogP contribution in [-0.4, -0.2) is 109 Å². The van der Waals surface area contributed by atoms with Crippen LogP contribution in [0.3, 0.4) is 0 Å². The van der Waals surface area contributed by atoms with E-state index in [1.807, 2.05) is 11.9 Å². The monoisotopic (exact) mass is 548 g/mol. The number of carbonyl (C=O) groups is 1. The second-order valence-corrected chi connectivity index (χ2v) is 9.88. The van der Waals surface area contributed by atoms with Crippen LogP contribution in [0.5, 0.6) is 0 Å². The van der Waals surface area contributed by atoms with Crippen molar-refractivity contribution in [3.05, 3.63) is 42.2 Å². The summed E-state index contributed by atoms with van der Waals surface area (Å²) in [7, 11) is 4.13. The molecular formula is C27H36N10O3. The van der Waals surface area contributed by atoms with Crippen LogP contribution in [0.15, 0.2) is 36.7 Å². The van der Waals surface area contributed by atoms with E-state index in [0.717, 1.165) is 31.7 Å². The molecule has 212 valence electrons. The van der Waals surface area contributed by atoms with Gasteiger partial charge >= 0.3 is 6.09 Å². The Morgan fingerprint density at radius 1 is 0.950 bits per heavy atom. The Morgan fingerprint density at radius 2 is 1.62 bits per heavy atom. The molecule has 0 saturated carbocycles. The maximum absolute atomic E-state index is 11.5. The molecule has 0 bridgehead atoms. The molecule has 13 nitrogen and oxygen atoms in total. The Balaban J connectivity index is 0.000000184. The Bertz CT molecular complexity index is 1290. The molecule has 1 aromatic carbocycles. The van der Waals surface area contributed by atoms with E-state index in [2.05, 4.69) is 66.4 Å². The van der Waals surface area contributed by atoms with Crippen molar-refractivity contribution < 1.29 is 14.6 Å². The summed E-state index contributed by atoms with van der Waals surface area (Å²) < 4.78 is 5.37. The van der Waals surface area contributed by atoms with Crippen LogP contribution in [0, 0.1) is 0 Å². The molecule has 5 heterocycles. The van der Waals surface area contributed by atoms with E-state index in [1.54, 1.807) is 12.4 Å². The molecule has 0 unspecified atom stereocenters. The summed E-state index contributed by atoms with van der Waals surface area (Å²) in [6.45, 7) is 7.43. The molecule has 4 N–H and O–H groups in total. The zero-order chi connectivity index (χ0) is 28.1. The molecule has 0 radical (unpaired) electrons. The zero-order valence-corrected chi connectivity index (χ0v) is 23.0. The van der Waals surface area contributed by atoms with Gasteiger partial charge in [0.15, 0.2) is 0 Å². The molecule has 1 amide bonds. The van der Waals surface area contributed by atoms with Crippen LogP contribution in [0.25, 0.3) is 11.3 Å². The Labute approximate surface area is 233 Å². The number of aromatic nitrogens is 4. The van der Waals surface area contributed by atoms with E-state index in [4.69, 9.17) is 10.5 Å². The summed E-state index contributed by atoms with van der Waals surface area (Å²) in [6.07, 6.45) is 2.71. The summed E-state index contributed by atoms with van der Waals surface area (Å²) >= 11 is 0. The molecule has 2 saturated heterocycles. The predicted molar refractivity (Wildman–Crippen MR) is 155 cm³/mol. The summed E-state index contributed by atoms with van der Waals surface area (Å²) in [5.74, 6) is 1.09. The minimum atomic E-state index is -1.02. The van der Waals surface area contributed by atoms with Crippen molar-refractivity contribution in [2.75, 3.05) is 98.9 Å². The number of amides is 1. The number of benzene rings is 1. The van der Waals surface area contributed by atoms with E-state index in [-0.39, 0.29) is 5.95 Å². The third-order valence-corrected chi connectivity index (χ3v) is 7.31. The lowest BCUT2D eigenvalue weighted by molar-refractivity contribution is 0.122. The number of fused-ring (bicyclic) bond motifs is 1. The average Bonchev–Trinajstić information content (AvgIpc) is 3.43. The highest BCUT2D eigenvalue weighted by Crippen LogP contribution is 2.35. The highest BCUT2D eigenvalue weighted by Gasteiger charge is 2.31. The molecule has 3 aromatic rings. The smallest absolute Gasteiger partial charge is 0.413 e. The summed E-state index contributed by atoms with van der Waals surface area (Å²) in [6, 6.07) is 8.65. The van der Waals surface area contributed by atoms with Gasteiger partial charge in [-0.05, 0) is 37.7 Å². The lowest BCUT2D eigenvalue weighted by atomic mass is 10.1. The van der Waals surface area contributed by atoms with E-state index < -0.39 is 6.09 Å². The van der Waals surface area contributed by atoms with Gasteiger partial charge in [0.05, 0.1) is 18.9 Å². The van der Waals surface area contributed by atoms with Gasteiger partial charge in [0.1, 0.15) is 5.82 Å². The van der Waals surface area contributed by atoms with Gasteiger partial charge in [-0.2, -0.15) is 4.98 Å². The number of rotatable bonds is 4. The molecular weight excluding hydrogens is 512 g/mol. The van der Waals surface area contributed by atoms with E-state index in [1.165, 1.54) is 16.3 Å². The number of likely N-dealkylation sites (N-methyl/N-ethyl adjacent to an activating group) is 1. The van der Waals surface area contributed by atoms with Crippen LogP contribution < -0.4 is 25.8 Å². The normalized spacial score (nSPS) is 17.2. The van der Waals surface area contributed by atoms with Gasteiger partial charge < -0.3 is 35.6 Å². The summed E-state index contributed by atoms with van der Waals surface area (Å²) in [5, 5.41) is 12.6. The van der Waals surface area contributed by atoms with E-state index >= 15 is 0 Å². The third-order valence-electron chi connectivity index (χ3n) is 7.31. The average molecular weight is 549 g/mol. The minimum absolute atomic E-state index is 0.176. The van der Waals surface area contributed by atoms with Crippen molar-refractivity contribution in [3.8, 4) is 11.3 Å². The molecule has 0 spiro atoms. The number of nitrogens with one attached hydrogen (secondary N) is 1. The fourth-order valence-electron chi connectivity index (χ4n) is 4.94. The molecule has 6 rings (SSSR count). The molecule has 3 aliphatic rings. The first kappa shape index (κ1) is 27.3. The lowest BCUT2D eigenvalue weighted by Gasteiger charge is -2.34. The maximum Gasteiger partial charge on any atom is 0.413 e. The van der Waals surface area contributed by atoms with Crippen molar-refractivity contribution in [1.82, 2.24) is 24.8 Å². The van der Waals surface area contributed by atoms with Gasteiger partial charge in [-0.3, -0.25) is 4.90 Å². The Hall–Kier alpha value is -4.23. The van der Waals surface area contributed by atoms with Crippen molar-refractivity contribution in [2.24, 2.45) is 0 Å². The number of morpholine rings is 1. The van der Waals surface area contributed by atoms with Gasteiger partial charge in [0.25, 0.3) is 0 Å². The fraction of sp³-hybridized carbons (Fsp3) is 0.444. The van der Waals surface area contributed by atoms with Gasteiger partial charge in [0.2, 0.25) is 11.9 Å². The number of hydrogen-bond donors (Lipinski definition) is 3. The van der Waals surface area contributed by atoms with Crippen molar-refractivity contribution in [3.63, 3.8) is 0 Å². The highest BCUT2D eigenvalue weighted by atomic mass is 16.5. The standard InChI is InChI=1S/C15H17N7O3.C12H19N3/c16-13-17-7-9(8-18-13)11-10-1-2-22(15(23)24)12(10)20-14(19-11)21-3-5-25-6-4-21;1-13-11-3-5-12(6-4-11)15-9-7-14(2)8-10-15/h7-8H,1-6H2,(H,23,24)(H2,16,17,18);3-6,13H,7-10H2,1-2H3. The maximum atomic E-state index is 11.5. The topological polar surface area (TPSA) is 149 Å². The molecule has 2 aromatic heterocycles. The number of nitrogens with two attached hydrogens (primary N) is 1. The number of nitrogens with zero attached hydrogens (tertiary/aromatic N) is 8. The van der Waals surface area contributed by atoms with Crippen LogP contribution in [0.4, 0.5) is 33.9 Å². The van der Waals surface area contributed by atoms with Crippen LogP contribution in [0.1, 0.15) is 5.56 Å². The first-order chi connectivity index (χ1) is 19.4. The number of piperazine rings is 1. The highest BCUT2D eigenvalue weighted by molar-refractivity contribution is 5.89. The first-order valence-corrected chi connectivity index (χ1v) is 13.5. The summed E-state index contributed by atoms with van der Waals surface area (Å²) in [5.41, 5.74) is 10.2. The van der Waals surface area contributed by atoms with Crippen LogP contribution in [-0.2, 0) is 11.2 Å². The fourth-order valence-corrected chi connectivity index (χ4v) is 4.94. The largest absolute Gasteiger partial charge is 0.465 e. The number of carboxylic acid groups (broad SMARTS) is 1. The Kier molecular flexibility index (Phi) is 8.41. The number of anilines is 5. The number of hydrogen-bond acceptors (Lipinski definition) is 11. The van der Waals surface area contributed by atoms with E-state index in [0.29, 0.717) is 62.3 Å². The molecule has 0 aliphatic carbocycles. The molecule has 0 atom stereocenters. The minimum Gasteiger partial charge on any atom is -0.465 e. The molecule has 3 aliphatic heterocycles. The second-order valence-electron chi connectivity index (χ2n) is 9.88. The van der Waals surface area contributed by atoms with Crippen molar-refractivity contribution in [2.45, 2.75) is 6.42 Å². The molecule has 13 heteroatoms. The molecule has 2 fully saturated rings. The van der Waals surface area contributed by atoms with Gasteiger partial charge in [-0.15, -0.1) is 0 Å². The first-order valence-electron chi connectivity index (χ1n) is 13.5. The second kappa shape index (κ2) is 12.3. The third kappa shape index (κ3) is 6.15. The van der Waals surface area contributed by atoms with Crippen LogP contribution >= 0.6 is 0 Å². The SMILES string of the molecule is CNc1ccc(N2CCN(C)CC2)cc1.Nc1ncc(-c2nc(N3CCOCC3)nc3c2CCN3C(=O)O)cn1. The van der Waals surface area contributed by atoms with Crippen molar-refractivity contribution >= 4 is 35.2 Å². The predicted octanol–water partition coefficient (Wildman–Crippen LogP) is 1.87. The van der Waals surface area contributed by atoms with Gasteiger partial charge in [0, 0.05) is 87.8 Å². The summed E-state index contributed by atoms with van der Waals surface area (Å²) in [4.78, 5) is 36.8. The van der Waals surface area contributed by atoms with Crippen molar-refractivity contribution in [1.29, 1.82) is 0 Å². The van der Waals surface area contributed by atoms with Crippen LogP contribution in [0.2, 0.25) is 0 Å².